The SMILES string of the molecule is N/C(=N\C(=O)OCc1ccccc1)N(CCC[C@@H](NC(=O)OCC1c2ccccc2-c2ccccc21)C(=O)O)C(=O)OCc1ccccc1. The van der Waals surface area contributed by atoms with E-state index in [0.29, 0.717) is 5.56 Å². The highest BCUT2D eigenvalue weighted by molar-refractivity contribution is 5.98. The zero-order chi connectivity index (χ0) is 34.6. The first-order chi connectivity index (χ1) is 23.8. The molecule has 0 aliphatic heterocycles. The van der Waals surface area contributed by atoms with Crippen molar-refractivity contribution in [2.45, 2.75) is 38.0 Å². The van der Waals surface area contributed by atoms with E-state index < -0.39 is 36.3 Å². The molecule has 0 unspecified atom stereocenters. The maximum Gasteiger partial charge on any atom is 0.437 e. The van der Waals surface area contributed by atoms with E-state index in [1.54, 1.807) is 48.5 Å². The van der Waals surface area contributed by atoms with Crippen LogP contribution in [0.1, 0.15) is 41.0 Å². The molecule has 4 aromatic carbocycles. The number of aliphatic imine (C=N–C) groups is 1. The van der Waals surface area contributed by atoms with Crippen molar-refractivity contribution in [1.82, 2.24) is 10.2 Å². The predicted molar refractivity (Wildman–Crippen MR) is 180 cm³/mol. The van der Waals surface area contributed by atoms with Gasteiger partial charge in [-0.2, -0.15) is 0 Å². The lowest BCUT2D eigenvalue weighted by molar-refractivity contribution is -0.139. The van der Waals surface area contributed by atoms with Gasteiger partial charge >= 0.3 is 24.2 Å². The van der Waals surface area contributed by atoms with Crippen LogP contribution in [0.2, 0.25) is 0 Å². The third kappa shape index (κ3) is 9.22. The van der Waals surface area contributed by atoms with E-state index in [-0.39, 0.29) is 45.1 Å². The van der Waals surface area contributed by atoms with E-state index in [9.17, 15) is 24.3 Å². The number of nitrogens with zero attached hydrogens (tertiary/aromatic N) is 2. The van der Waals surface area contributed by atoms with Gasteiger partial charge in [0.15, 0.2) is 0 Å². The van der Waals surface area contributed by atoms with Crippen LogP contribution in [0.25, 0.3) is 11.1 Å². The lowest BCUT2D eigenvalue weighted by Gasteiger charge is -2.22. The largest absolute Gasteiger partial charge is 0.480 e. The monoisotopic (exact) mass is 664 g/mol. The molecule has 49 heavy (non-hydrogen) atoms. The summed E-state index contributed by atoms with van der Waals surface area (Å²) in [5, 5.41) is 12.2. The molecule has 0 saturated carbocycles. The molecule has 4 N–H and O–H groups in total. The predicted octanol–water partition coefficient (Wildman–Crippen LogP) is 6.05. The van der Waals surface area contributed by atoms with Crippen LogP contribution in [-0.4, -0.2) is 59.4 Å². The molecule has 0 aromatic heterocycles. The Balaban J connectivity index is 1.18. The highest BCUT2D eigenvalue weighted by Crippen LogP contribution is 2.44. The zero-order valence-electron chi connectivity index (χ0n) is 26.6. The van der Waals surface area contributed by atoms with Crippen LogP contribution >= 0.6 is 0 Å². The Morgan fingerprint density at radius 3 is 1.86 bits per heavy atom. The number of ether oxygens (including phenoxy) is 3. The van der Waals surface area contributed by atoms with Gasteiger partial charge in [0, 0.05) is 12.5 Å². The van der Waals surface area contributed by atoms with Gasteiger partial charge in [0.1, 0.15) is 25.9 Å². The number of benzene rings is 4. The number of carbonyl (C=O) groups excluding carboxylic acids is 3. The van der Waals surface area contributed by atoms with Crippen LogP contribution in [0, 0.1) is 0 Å². The normalized spacial score (nSPS) is 12.6. The summed E-state index contributed by atoms with van der Waals surface area (Å²) in [7, 11) is 0. The second-order valence-electron chi connectivity index (χ2n) is 11.2. The van der Waals surface area contributed by atoms with Gasteiger partial charge < -0.3 is 30.4 Å². The Labute approximate surface area is 283 Å². The summed E-state index contributed by atoms with van der Waals surface area (Å²) >= 11 is 0. The molecule has 4 aromatic rings. The lowest BCUT2D eigenvalue weighted by Crippen LogP contribution is -2.45. The van der Waals surface area contributed by atoms with Crippen molar-refractivity contribution >= 4 is 30.2 Å². The number of carbonyl (C=O) groups is 4. The Bertz CT molecular complexity index is 1750. The van der Waals surface area contributed by atoms with Crippen LogP contribution < -0.4 is 11.1 Å². The lowest BCUT2D eigenvalue weighted by atomic mass is 9.98. The summed E-state index contributed by atoms with van der Waals surface area (Å²) in [6.07, 6.45) is -2.89. The number of rotatable bonds is 12. The maximum absolute atomic E-state index is 13.1. The van der Waals surface area contributed by atoms with Gasteiger partial charge in [0.25, 0.3) is 0 Å². The number of carboxylic acid groups (broad SMARTS) is 1. The molecule has 5 rings (SSSR count). The summed E-state index contributed by atoms with van der Waals surface area (Å²) in [6.45, 7) is -0.300. The van der Waals surface area contributed by atoms with Crippen molar-refractivity contribution in [3.8, 4) is 11.1 Å². The van der Waals surface area contributed by atoms with E-state index in [2.05, 4.69) is 10.3 Å². The number of alkyl carbamates (subject to hydrolysis) is 1. The topological polar surface area (TPSA) is 170 Å². The molecule has 12 nitrogen and oxygen atoms in total. The molecule has 12 heteroatoms. The number of aliphatic carboxylic acids is 1. The first kappa shape index (κ1) is 34.2. The number of hydrogen-bond donors (Lipinski definition) is 3. The van der Waals surface area contributed by atoms with E-state index >= 15 is 0 Å². The van der Waals surface area contributed by atoms with Gasteiger partial charge in [-0.3, -0.25) is 0 Å². The average Bonchev–Trinajstić information content (AvgIpc) is 3.44. The molecular formula is C37H36N4O8. The molecule has 0 saturated heterocycles. The third-order valence-electron chi connectivity index (χ3n) is 7.92. The minimum absolute atomic E-state index is 0.0145. The standard InChI is InChI=1S/C37H36N4O8/c38-34(40-36(45)47-22-25-12-3-1-4-13-25)41(37(46)49-23-26-14-5-2-6-15-26)21-11-20-32(33(42)43)39-35(44)48-24-31-29-18-9-7-16-27(29)28-17-8-10-19-30(28)31/h1-10,12-19,31-32H,11,20-24H2,(H,39,44)(H,42,43)(H2,38,40,45)/t32-/m1/s1. The highest BCUT2D eigenvalue weighted by atomic mass is 16.6. The Morgan fingerprint density at radius 2 is 1.29 bits per heavy atom. The fourth-order valence-electron chi connectivity index (χ4n) is 5.50. The molecule has 1 atom stereocenters. The van der Waals surface area contributed by atoms with E-state index in [4.69, 9.17) is 19.9 Å². The highest BCUT2D eigenvalue weighted by Gasteiger charge is 2.30. The number of hydrogen-bond acceptors (Lipinski definition) is 7. The van der Waals surface area contributed by atoms with Crippen molar-refractivity contribution in [3.63, 3.8) is 0 Å². The van der Waals surface area contributed by atoms with Gasteiger partial charge in [-0.05, 0) is 46.2 Å². The Kier molecular flexibility index (Phi) is 11.6. The minimum atomic E-state index is -1.34. The van der Waals surface area contributed by atoms with E-state index in [1.807, 2.05) is 60.7 Å². The minimum Gasteiger partial charge on any atom is -0.480 e. The Morgan fingerprint density at radius 1 is 0.755 bits per heavy atom. The van der Waals surface area contributed by atoms with Gasteiger partial charge in [-0.15, -0.1) is 4.99 Å². The third-order valence-corrected chi connectivity index (χ3v) is 7.92. The van der Waals surface area contributed by atoms with Crippen molar-refractivity contribution in [2.75, 3.05) is 13.2 Å². The molecule has 0 fully saturated rings. The molecule has 252 valence electrons. The second kappa shape index (κ2) is 16.6. The number of fused-ring (bicyclic) bond motifs is 3. The van der Waals surface area contributed by atoms with Crippen LogP contribution in [0.15, 0.2) is 114 Å². The fourth-order valence-corrected chi connectivity index (χ4v) is 5.50. The van der Waals surface area contributed by atoms with Crippen LogP contribution in [0.3, 0.4) is 0 Å². The Hall–Kier alpha value is -6.17. The van der Waals surface area contributed by atoms with Gasteiger partial charge in [0.2, 0.25) is 5.96 Å². The first-order valence-corrected chi connectivity index (χ1v) is 15.7. The van der Waals surface area contributed by atoms with E-state index in [1.165, 1.54) is 0 Å². The summed E-state index contributed by atoms with van der Waals surface area (Å²) in [5.74, 6) is -1.98. The van der Waals surface area contributed by atoms with Crippen LogP contribution in [0.4, 0.5) is 14.4 Å². The second-order valence-corrected chi connectivity index (χ2v) is 11.2. The van der Waals surface area contributed by atoms with Crippen molar-refractivity contribution < 1.29 is 38.5 Å². The van der Waals surface area contributed by atoms with E-state index in [0.717, 1.165) is 32.7 Å². The number of guanidine groups is 1. The molecule has 0 spiro atoms. The summed E-state index contributed by atoms with van der Waals surface area (Å²) < 4.78 is 16.0. The molecule has 0 radical (unpaired) electrons. The number of nitrogens with two attached hydrogens (primary N) is 1. The van der Waals surface area contributed by atoms with Crippen molar-refractivity contribution in [3.05, 3.63) is 131 Å². The molecule has 0 bridgehead atoms. The average molecular weight is 665 g/mol. The molecular weight excluding hydrogens is 628 g/mol. The summed E-state index contributed by atoms with van der Waals surface area (Å²) in [5.41, 5.74) is 11.7. The maximum atomic E-state index is 13.1. The summed E-state index contributed by atoms with van der Waals surface area (Å²) in [4.78, 5) is 55.0. The fraction of sp³-hybridized carbons (Fsp3) is 0.216. The molecule has 0 heterocycles. The van der Waals surface area contributed by atoms with Crippen LogP contribution in [0.5, 0.6) is 0 Å². The van der Waals surface area contributed by atoms with Gasteiger partial charge in [-0.1, -0.05) is 109 Å². The summed E-state index contributed by atoms with van der Waals surface area (Å²) in [6, 6.07) is 32.3. The van der Waals surface area contributed by atoms with Crippen LogP contribution in [-0.2, 0) is 32.2 Å². The smallest absolute Gasteiger partial charge is 0.437 e. The van der Waals surface area contributed by atoms with Crippen molar-refractivity contribution in [2.24, 2.45) is 10.7 Å². The molecule has 1 aliphatic rings. The molecule has 1 aliphatic carbocycles. The van der Waals surface area contributed by atoms with Gasteiger partial charge in [-0.25, -0.2) is 24.1 Å². The van der Waals surface area contributed by atoms with Gasteiger partial charge in [0.05, 0.1) is 0 Å². The zero-order valence-corrected chi connectivity index (χ0v) is 26.6. The number of nitrogens with one attached hydrogen (secondary N) is 1. The number of carboxylic acids is 1. The quantitative estimate of drug-likeness (QED) is 0.0927. The van der Waals surface area contributed by atoms with Crippen molar-refractivity contribution in [1.29, 1.82) is 0 Å². The molecule has 3 amide bonds. The first-order valence-electron chi connectivity index (χ1n) is 15.7. The number of amides is 3.